The number of hydrogen-bond acceptors (Lipinski definition) is 9. The number of ether oxygens (including phenoxy) is 4. The fraction of sp³-hybridized carbons (Fsp3) is 0.333. The van der Waals surface area contributed by atoms with Crippen LogP contribution in [0.5, 0.6) is 6.01 Å². The third-order valence-electron chi connectivity index (χ3n) is 5.30. The summed E-state index contributed by atoms with van der Waals surface area (Å²) in [6.45, 7) is 3.27. The van der Waals surface area contributed by atoms with E-state index < -0.39 is 23.4 Å². The zero-order valence-electron chi connectivity index (χ0n) is 20.1. The predicted molar refractivity (Wildman–Crippen MR) is 132 cm³/mol. The number of H-pyrrole nitrogens is 1. The van der Waals surface area contributed by atoms with Crippen LogP contribution in [0.4, 0.5) is 0 Å². The summed E-state index contributed by atoms with van der Waals surface area (Å²) in [7, 11) is 2.62. The summed E-state index contributed by atoms with van der Waals surface area (Å²) in [6, 6.07) is 6.25. The van der Waals surface area contributed by atoms with Crippen LogP contribution >= 0.6 is 23.2 Å². The van der Waals surface area contributed by atoms with Crippen molar-refractivity contribution in [2.45, 2.75) is 26.4 Å². The number of carbonyl (C=O) groups is 2. The minimum absolute atomic E-state index is 0.0421. The van der Waals surface area contributed by atoms with E-state index >= 15 is 0 Å². The van der Waals surface area contributed by atoms with E-state index in [4.69, 9.17) is 42.1 Å². The Morgan fingerprint density at radius 2 is 1.86 bits per heavy atom. The lowest BCUT2D eigenvalue weighted by atomic mass is 9.80. The summed E-state index contributed by atoms with van der Waals surface area (Å²) >= 11 is 12.8. The van der Waals surface area contributed by atoms with Crippen LogP contribution in [0, 0.1) is 0 Å². The van der Waals surface area contributed by atoms with Crippen LogP contribution < -0.4 is 15.6 Å². The van der Waals surface area contributed by atoms with E-state index in [9.17, 15) is 14.4 Å². The van der Waals surface area contributed by atoms with Gasteiger partial charge in [-0.2, -0.15) is 4.98 Å². The van der Waals surface area contributed by atoms with Gasteiger partial charge in [0.2, 0.25) is 0 Å². The average molecular weight is 538 g/mol. The van der Waals surface area contributed by atoms with E-state index in [1.54, 1.807) is 32.0 Å². The largest absolute Gasteiger partial charge is 0.468 e. The van der Waals surface area contributed by atoms with Crippen molar-refractivity contribution in [2.75, 3.05) is 27.4 Å². The van der Waals surface area contributed by atoms with Gasteiger partial charge in [0, 0.05) is 11.8 Å². The number of benzene rings is 1. The third-order valence-corrected chi connectivity index (χ3v) is 6.13. The fourth-order valence-electron chi connectivity index (χ4n) is 3.81. The van der Waals surface area contributed by atoms with Gasteiger partial charge in [0.25, 0.3) is 11.6 Å². The lowest BCUT2D eigenvalue weighted by Gasteiger charge is -2.31. The van der Waals surface area contributed by atoms with Gasteiger partial charge in [0.05, 0.1) is 72.5 Å². The smallest absolute Gasteiger partial charge is 0.336 e. The highest BCUT2D eigenvalue weighted by molar-refractivity contribution is 6.42. The summed E-state index contributed by atoms with van der Waals surface area (Å²) in [4.78, 5) is 44.4. The van der Waals surface area contributed by atoms with Crippen molar-refractivity contribution in [2.24, 2.45) is 0 Å². The molecule has 0 radical (unpaired) electrons. The number of esters is 2. The molecule has 1 aromatic carbocycles. The molecular formula is C24H25Cl2N3O7. The first-order chi connectivity index (χ1) is 17.2. The molecule has 2 aromatic rings. The number of aromatic amines is 1. The minimum atomic E-state index is -0.944. The molecule has 12 heteroatoms. The summed E-state index contributed by atoms with van der Waals surface area (Å²) in [5, 5.41) is 3.51. The number of methoxy groups -OCH3 is 2. The van der Waals surface area contributed by atoms with Crippen LogP contribution in [0.25, 0.3) is 0 Å². The maximum absolute atomic E-state index is 13.2. The molecule has 36 heavy (non-hydrogen) atoms. The van der Waals surface area contributed by atoms with Crippen LogP contribution in [0.2, 0.25) is 10.0 Å². The minimum Gasteiger partial charge on any atom is -0.468 e. The molecule has 0 bridgehead atoms. The number of hydrogen-bond donors (Lipinski definition) is 2. The van der Waals surface area contributed by atoms with Gasteiger partial charge in [0.1, 0.15) is 0 Å². The highest BCUT2D eigenvalue weighted by Crippen LogP contribution is 2.43. The van der Waals surface area contributed by atoms with Crippen molar-refractivity contribution in [1.29, 1.82) is 0 Å². The standard InChI is InChI=1S/C24H25Cl2N3O7/c1-5-36-23(32)20-16(11-35-10-13-9-17(30)29-24(28-13)34-4)27-12(2)18(22(31)33-3)19(20)14-7-6-8-15(25)21(14)26/h6-9,19,27H,5,10-11H2,1-4H3,(H,28,29,30). The highest BCUT2D eigenvalue weighted by Gasteiger charge is 2.40. The van der Waals surface area contributed by atoms with E-state index in [2.05, 4.69) is 15.3 Å². The van der Waals surface area contributed by atoms with Crippen molar-refractivity contribution < 1.29 is 28.5 Å². The lowest BCUT2D eigenvalue weighted by molar-refractivity contribution is -0.139. The van der Waals surface area contributed by atoms with Crippen molar-refractivity contribution in [3.63, 3.8) is 0 Å². The van der Waals surface area contributed by atoms with E-state index in [0.29, 0.717) is 22.7 Å². The monoisotopic (exact) mass is 537 g/mol. The molecule has 10 nitrogen and oxygen atoms in total. The molecule has 192 valence electrons. The number of dihydropyridines is 1. The lowest BCUT2D eigenvalue weighted by Crippen LogP contribution is -2.34. The van der Waals surface area contributed by atoms with E-state index in [-0.39, 0.29) is 47.0 Å². The van der Waals surface area contributed by atoms with Crippen molar-refractivity contribution >= 4 is 35.1 Å². The van der Waals surface area contributed by atoms with Gasteiger partial charge in [0.15, 0.2) is 0 Å². The molecule has 0 fully saturated rings. The topological polar surface area (TPSA) is 129 Å². The molecule has 1 aromatic heterocycles. The molecule has 0 spiro atoms. The highest BCUT2D eigenvalue weighted by atomic mass is 35.5. The Kier molecular flexibility index (Phi) is 9.14. The Balaban J connectivity index is 2.07. The summed E-state index contributed by atoms with van der Waals surface area (Å²) in [6.07, 6.45) is 0. The number of carbonyl (C=O) groups excluding carboxylic acids is 2. The van der Waals surface area contributed by atoms with Gasteiger partial charge in [-0.15, -0.1) is 0 Å². The van der Waals surface area contributed by atoms with Crippen molar-refractivity contribution in [3.05, 3.63) is 78.5 Å². The summed E-state index contributed by atoms with van der Waals surface area (Å²) < 4.78 is 21.1. The molecule has 3 rings (SSSR count). The second kappa shape index (κ2) is 12.1. The molecule has 0 aliphatic carbocycles. The zero-order chi connectivity index (χ0) is 26.4. The van der Waals surface area contributed by atoms with Crippen LogP contribution in [-0.2, 0) is 30.4 Å². The van der Waals surface area contributed by atoms with Gasteiger partial charge in [-0.25, -0.2) is 9.59 Å². The number of allylic oxidation sites excluding steroid dienone is 1. The molecule has 1 aliphatic heterocycles. The van der Waals surface area contributed by atoms with Crippen LogP contribution in [-0.4, -0.2) is 49.3 Å². The van der Waals surface area contributed by atoms with Crippen LogP contribution in [0.1, 0.15) is 31.0 Å². The number of nitrogens with zero attached hydrogens (tertiary/aromatic N) is 1. The predicted octanol–water partition coefficient (Wildman–Crippen LogP) is 3.25. The normalized spacial score (nSPS) is 15.4. The number of nitrogens with one attached hydrogen (secondary N) is 2. The number of aromatic nitrogens is 2. The molecule has 1 aliphatic rings. The van der Waals surface area contributed by atoms with Gasteiger partial charge in [-0.3, -0.25) is 9.78 Å². The first-order valence-corrected chi connectivity index (χ1v) is 11.6. The molecule has 0 saturated carbocycles. The van der Waals surface area contributed by atoms with E-state index in [1.165, 1.54) is 20.3 Å². The Morgan fingerprint density at radius 1 is 1.11 bits per heavy atom. The zero-order valence-corrected chi connectivity index (χ0v) is 21.6. The maximum Gasteiger partial charge on any atom is 0.336 e. The van der Waals surface area contributed by atoms with Gasteiger partial charge < -0.3 is 24.3 Å². The second-order valence-corrected chi connectivity index (χ2v) is 8.37. The Labute approximate surface area is 217 Å². The quantitative estimate of drug-likeness (QED) is 0.463. The summed E-state index contributed by atoms with van der Waals surface area (Å²) in [5.74, 6) is -2.27. The van der Waals surface area contributed by atoms with Crippen molar-refractivity contribution in [1.82, 2.24) is 15.3 Å². The van der Waals surface area contributed by atoms with E-state index in [0.717, 1.165) is 0 Å². The van der Waals surface area contributed by atoms with Gasteiger partial charge >= 0.3 is 11.9 Å². The molecule has 0 amide bonds. The summed E-state index contributed by atoms with van der Waals surface area (Å²) in [5.41, 5.74) is 1.41. The van der Waals surface area contributed by atoms with Crippen molar-refractivity contribution in [3.8, 4) is 6.01 Å². The maximum atomic E-state index is 13.2. The second-order valence-electron chi connectivity index (χ2n) is 7.58. The van der Waals surface area contributed by atoms with Crippen LogP contribution in [0.3, 0.4) is 0 Å². The molecule has 2 N–H and O–H groups in total. The fourth-order valence-corrected chi connectivity index (χ4v) is 4.22. The first kappa shape index (κ1) is 27.3. The van der Waals surface area contributed by atoms with E-state index in [1.807, 2.05) is 0 Å². The Morgan fingerprint density at radius 3 is 2.53 bits per heavy atom. The van der Waals surface area contributed by atoms with Gasteiger partial charge in [-0.1, -0.05) is 35.3 Å². The SMILES string of the molecule is CCOC(=O)C1=C(COCc2cc(=O)[nH]c(OC)n2)NC(C)=C(C(=O)OC)C1c1cccc(Cl)c1Cl. The third kappa shape index (κ3) is 5.89. The average Bonchev–Trinajstić information content (AvgIpc) is 2.84. The Bertz CT molecular complexity index is 1290. The molecule has 1 unspecified atom stereocenters. The molecule has 0 saturated heterocycles. The number of halogens is 2. The van der Waals surface area contributed by atoms with Crippen LogP contribution in [0.15, 0.2) is 51.6 Å². The molecule has 2 heterocycles. The molecular weight excluding hydrogens is 513 g/mol. The first-order valence-electron chi connectivity index (χ1n) is 10.8. The van der Waals surface area contributed by atoms with Gasteiger partial charge in [-0.05, 0) is 25.5 Å². The Hall–Kier alpha value is -3.34. The number of rotatable bonds is 9. The molecule has 1 atom stereocenters.